The number of benzene rings is 1. The molecule has 0 heterocycles. The highest BCUT2D eigenvalue weighted by Crippen LogP contribution is 2.01. The molecule has 4 nitrogen and oxygen atoms in total. The van der Waals surface area contributed by atoms with E-state index in [0.29, 0.717) is 30.8 Å². The molecule has 1 aromatic rings. The van der Waals surface area contributed by atoms with Gasteiger partial charge in [-0.15, -0.1) is 0 Å². The number of halogens is 1. The van der Waals surface area contributed by atoms with Gasteiger partial charge in [0.15, 0.2) is 0 Å². The Morgan fingerprint density at radius 2 is 1.72 bits per heavy atom. The molecule has 0 saturated carbocycles. The van der Waals surface area contributed by atoms with Gasteiger partial charge in [0.1, 0.15) is 5.82 Å². The van der Waals surface area contributed by atoms with Crippen LogP contribution < -0.4 is 10.6 Å². The lowest BCUT2D eigenvalue weighted by atomic mass is 10.2. The lowest BCUT2D eigenvalue weighted by molar-refractivity contribution is -0.120. The first-order valence-corrected chi connectivity index (χ1v) is 6.18. The number of nitrogens with one attached hydrogen (secondary N) is 2. The fraction of sp³-hybridized carbons (Fsp3) is 0.333. The molecule has 0 unspecified atom stereocenters. The molecular formula is C12H15FN2O2S. The number of amides is 2. The van der Waals surface area contributed by atoms with E-state index in [-0.39, 0.29) is 17.6 Å². The van der Waals surface area contributed by atoms with Crippen LogP contribution >= 0.6 is 12.6 Å². The van der Waals surface area contributed by atoms with E-state index in [9.17, 15) is 14.0 Å². The number of thiol groups is 1. The Balaban J connectivity index is 2.25. The van der Waals surface area contributed by atoms with Crippen LogP contribution in [-0.2, 0) is 4.79 Å². The van der Waals surface area contributed by atoms with Gasteiger partial charge in [0, 0.05) is 25.1 Å². The van der Waals surface area contributed by atoms with Crippen molar-refractivity contribution in [1.82, 2.24) is 10.6 Å². The second-order valence-electron chi connectivity index (χ2n) is 3.59. The Hall–Kier alpha value is -1.56. The molecule has 0 spiro atoms. The van der Waals surface area contributed by atoms with Crippen LogP contribution in [-0.4, -0.2) is 30.7 Å². The van der Waals surface area contributed by atoms with Gasteiger partial charge in [0.2, 0.25) is 5.91 Å². The number of hydrogen-bond donors (Lipinski definition) is 3. The Morgan fingerprint density at radius 1 is 1.11 bits per heavy atom. The monoisotopic (exact) mass is 270 g/mol. The van der Waals surface area contributed by atoms with Crippen LogP contribution in [0.15, 0.2) is 24.3 Å². The van der Waals surface area contributed by atoms with E-state index in [1.807, 2.05) is 0 Å². The van der Waals surface area contributed by atoms with Crippen LogP contribution in [0.25, 0.3) is 0 Å². The molecule has 0 fully saturated rings. The van der Waals surface area contributed by atoms with Gasteiger partial charge >= 0.3 is 0 Å². The molecule has 0 aliphatic heterocycles. The molecule has 0 aliphatic carbocycles. The predicted molar refractivity (Wildman–Crippen MR) is 70.2 cm³/mol. The highest BCUT2D eigenvalue weighted by Gasteiger charge is 2.04. The summed E-state index contributed by atoms with van der Waals surface area (Å²) in [4.78, 5) is 22.6. The van der Waals surface area contributed by atoms with Crippen LogP contribution in [0.2, 0.25) is 0 Å². The van der Waals surface area contributed by atoms with Crippen LogP contribution in [0.4, 0.5) is 4.39 Å². The van der Waals surface area contributed by atoms with Crippen LogP contribution in [0, 0.1) is 5.82 Å². The molecule has 0 radical (unpaired) electrons. The Labute approximate surface area is 110 Å². The molecule has 0 atom stereocenters. The third-order valence-electron chi connectivity index (χ3n) is 2.18. The highest BCUT2D eigenvalue weighted by molar-refractivity contribution is 7.80. The topological polar surface area (TPSA) is 58.2 Å². The maximum absolute atomic E-state index is 12.6. The fourth-order valence-electron chi connectivity index (χ4n) is 1.27. The summed E-state index contributed by atoms with van der Waals surface area (Å²) < 4.78 is 12.6. The number of rotatable bonds is 6. The standard InChI is InChI=1S/C12H15FN2O2S/c13-10-3-1-9(2-4-10)12(17)15-7-6-14-11(16)5-8-18/h1-4,18H,5-8H2,(H,14,16)(H,15,17). The van der Waals surface area contributed by atoms with Gasteiger partial charge in [-0.25, -0.2) is 4.39 Å². The van der Waals surface area contributed by atoms with E-state index >= 15 is 0 Å². The van der Waals surface area contributed by atoms with E-state index in [1.165, 1.54) is 24.3 Å². The Bertz CT molecular complexity index is 409. The maximum Gasteiger partial charge on any atom is 0.251 e. The second-order valence-corrected chi connectivity index (χ2v) is 4.03. The van der Waals surface area contributed by atoms with E-state index < -0.39 is 0 Å². The summed E-state index contributed by atoms with van der Waals surface area (Å²) in [5.41, 5.74) is 0.387. The van der Waals surface area contributed by atoms with E-state index in [4.69, 9.17) is 0 Å². The minimum absolute atomic E-state index is 0.0963. The van der Waals surface area contributed by atoms with Crippen molar-refractivity contribution < 1.29 is 14.0 Å². The third-order valence-corrected chi connectivity index (χ3v) is 2.40. The summed E-state index contributed by atoms with van der Waals surface area (Å²) in [7, 11) is 0. The van der Waals surface area contributed by atoms with Gasteiger partial charge in [-0.05, 0) is 30.0 Å². The molecule has 1 rings (SSSR count). The molecule has 0 bridgehead atoms. The zero-order valence-corrected chi connectivity index (χ0v) is 10.7. The average Bonchev–Trinajstić information content (AvgIpc) is 2.35. The molecular weight excluding hydrogens is 255 g/mol. The summed E-state index contributed by atoms with van der Waals surface area (Å²) in [5, 5.41) is 5.26. The van der Waals surface area contributed by atoms with Gasteiger partial charge in [-0.2, -0.15) is 12.6 Å². The first-order chi connectivity index (χ1) is 8.63. The number of hydrogen-bond acceptors (Lipinski definition) is 3. The zero-order valence-electron chi connectivity index (χ0n) is 9.78. The van der Waals surface area contributed by atoms with Gasteiger partial charge in [0.05, 0.1) is 0 Å². The van der Waals surface area contributed by atoms with Crippen LogP contribution in [0.5, 0.6) is 0 Å². The third kappa shape index (κ3) is 5.18. The van der Waals surface area contributed by atoms with Crippen LogP contribution in [0.1, 0.15) is 16.8 Å². The van der Waals surface area contributed by atoms with Crippen molar-refractivity contribution in [2.24, 2.45) is 0 Å². The van der Waals surface area contributed by atoms with Crippen molar-refractivity contribution in [2.75, 3.05) is 18.8 Å². The minimum Gasteiger partial charge on any atom is -0.354 e. The molecule has 0 aromatic heterocycles. The number of carbonyl (C=O) groups is 2. The van der Waals surface area contributed by atoms with Gasteiger partial charge < -0.3 is 10.6 Å². The summed E-state index contributed by atoms with van der Waals surface area (Å²) in [6.45, 7) is 0.689. The molecule has 98 valence electrons. The van der Waals surface area contributed by atoms with Crippen molar-refractivity contribution in [2.45, 2.75) is 6.42 Å². The van der Waals surface area contributed by atoms with Crippen molar-refractivity contribution in [3.8, 4) is 0 Å². The van der Waals surface area contributed by atoms with Crippen molar-refractivity contribution in [3.05, 3.63) is 35.6 Å². The van der Waals surface area contributed by atoms with Gasteiger partial charge in [-0.1, -0.05) is 0 Å². The fourth-order valence-corrected chi connectivity index (χ4v) is 1.47. The van der Waals surface area contributed by atoms with Gasteiger partial charge in [-0.3, -0.25) is 9.59 Å². The molecule has 2 amide bonds. The van der Waals surface area contributed by atoms with E-state index in [2.05, 4.69) is 23.3 Å². The van der Waals surface area contributed by atoms with E-state index in [1.54, 1.807) is 0 Å². The summed E-state index contributed by atoms with van der Waals surface area (Å²) >= 11 is 3.93. The molecule has 2 N–H and O–H groups in total. The molecule has 18 heavy (non-hydrogen) atoms. The molecule has 0 saturated heterocycles. The van der Waals surface area contributed by atoms with Crippen molar-refractivity contribution in [3.63, 3.8) is 0 Å². The zero-order chi connectivity index (χ0) is 13.4. The summed E-state index contributed by atoms with van der Waals surface area (Å²) in [6.07, 6.45) is 0.356. The SMILES string of the molecule is O=C(CCS)NCCNC(=O)c1ccc(F)cc1. The minimum atomic E-state index is -0.384. The Morgan fingerprint density at radius 3 is 2.33 bits per heavy atom. The normalized spacial score (nSPS) is 9.89. The largest absolute Gasteiger partial charge is 0.354 e. The second kappa shape index (κ2) is 7.71. The smallest absolute Gasteiger partial charge is 0.251 e. The van der Waals surface area contributed by atoms with Gasteiger partial charge in [0.25, 0.3) is 5.91 Å². The average molecular weight is 270 g/mol. The molecule has 0 aliphatic rings. The predicted octanol–water partition coefficient (Wildman–Crippen LogP) is 0.992. The number of carbonyl (C=O) groups excluding carboxylic acids is 2. The molecule has 1 aromatic carbocycles. The lowest BCUT2D eigenvalue weighted by Gasteiger charge is -2.06. The van der Waals surface area contributed by atoms with Crippen molar-refractivity contribution >= 4 is 24.4 Å². The first-order valence-electron chi connectivity index (χ1n) is 5.55. The van der Waals surface area contributed by atoms with Crippen molar-refractivity contribution in [1.29, 1.82) is 0 Å². The van der Waals surface area contributed by atoms with Crippen LogP contribution in [0.3, 0.4) is 0 Å². The summed E-state index contributed by atoms with van der Waals surface area (Å²) in [5.74, 6) is -0.279. The lowest BCUT2D eigenvalue weighted by Crippen LogP contribution is -2.34. The van der Waals surface area contributed by atoms with E-state index in [0.717, 1.165) is 0 Å². The quantitative estimate of drug-likeness (QED) is 0.533. The molecule has 6 heteroatoms. The maximum atomic E-state index is 12.6. The summed E-state index contributed by atoms with van der Waals surface area (Å²) in [6, 6.07) is 5.26. The Kier molecular flexibility index (Phi) is 6.21. The highest BCUT2D eigenvalue weighted by atomic mass is 32.1. The first kappa shape index (κ1) is 14.5.